The average molecular weight is 255 g/mol. The van der Waals surface area contributed by atoms with Gasteiger partial charge in [-0.1, -0.05) is 6.92 Å². The number of hydrogen-bond acceptors (Lipinski definition) is 3. The van der Waals surface area contributed by atoms with E-state index in [4.69, 9.17) is 5.73 Å². The first-order valence-electron chi connectivity index (χ1n) is 6.78. The molecule has 0 spiro atoms. The number of hydrogen-bond donors (Lipinski definition) is 2. The average Bonchev–Trinajstić information content (AvgIpc) is 2.43. The number of piperidine rings is 1. The summed E-state index contributed by atoms with van der Waals surface area (Å²) in [6, 6.07) is 0. The Kier molecular flexibility index (Phi) is 6.12. The van der Waals surface area contributed by atoms with Gasteiger partial charge in [-0.3, -0.25) is 9.59 Å². The predicted octanol–water partition coefficient (Wildman–Crippen LogP) is 0.346. The summed E-state index contributed by atoms with van der Waals surface area (Å²) in [5.74, 6) is 0.767. The number of amides is 2. The van der Waals surface area contributed by atoms with E-state index in [1.54, 1.807) is 7.05 Å². The Bertz CT molecular complexity index is 286. The molecule has 1 aliphatic heterocycles. The Morgan fingerprint density at radius 3 is 2.50 bits per heavy atom. The van der Waals surface area contributed by atoms with Crippen molar-refractivity contribution in [3.63, 3.8) is 0 Å². The van der Waals surface area contributed by atoms with Gasteiger partial charge in [0.25, 0.3) is 0 Å². The monoisotopic (exact) mass is 255 g/mol. The molecule has 1 unspecified atom stereocenters. The molecule has 0 bridgehead atoms. The van der Waals surface area contributed by atoms with Crippen molar-refractivity contribution in [3.05, 3.63) is 0 Å². The lowest BCUT2D eigenvalue weighted by molar-refractivity contribution is -0.135. The summed E-state index contributed by atoms with van der Waals surface area (Å²) >= 11 is 0. The lowest BCUT2D eigenvalue weighted by Gasteiger charge is -2.31. The van der Waals surface area contributed by atoms with Gasteiger partial charge in [0.15, 0.2) is 0 Å². The quantitative estimate of drug-likeness (QED) is 0.744. The molecule has 5 heteroatoms. The number of carbonyl (C=O) groups is 2. The van der Waals surface area contributed by atoms with Gasteiger partial charge in [0.1, 0.15) is 0 Å². The van der Waals surface area contributed by atoms with Gasteiger partial charge >= 0.3 is 0 Å². The molecule has 0 aromatic rings. The van der Waals surface area contributed by atoms with Crippen LogP contribution in [0.1, 0.15) is 32.6 Å². The van der Waals surface area contributed by atoms with Crippen molar-refractivity contribution in [2.24, 2.45) is 17.6 Å². The number of likely N-dealkylation sites (tertiary alicyclic amines) is 1. The van der Waals surface area contributed by atoms with Crippen LogP contribution in [-0.4, -0.2) is 43.4 Å². The van der Waals surface area contributed by atoms with E-state index >= 15 is 0 Å². The number of nitrogens with zero attached hydrogens (tertiary/aromatic N) is 1. The zero-order valence-corrected chi connectivity index (χ0v) is 11.4. The van der Waals surface area contributed by atoms with E-state index in [0.29, 0.717) is 32.0 Å². The smallest absolute Gasteiger partial charge is 0.222 e. The maximum atomic E-state index is 11.9. The predicted molar refractivity (Wildman–Crippen MR) is 70.8 cm³/mol. The van der Waals surface area contributed by atoms with Crippen LogP contribution in [-0.2, 0) is 9.59 Å². The van der Waals surface area contributed by atoms with Crippen LogP contribution in [0.4, 0.5) is 0 Å². The summed E-state index contributed by atoms with van der Waals surface area (Å²) in [6.45, 7) is 4.10. The molecule has 1 atom stereocenters. The first-order valence-corrected chi connectivity index (χ1v) is 6.78. The van der Waals surface area contributed by atoms with Crippen LogP contribution >= 0.6 is 0 Å². The lowest BCUT2D eigenvalue weighted by atomic mass is 9.95. The van der Waals surface area contributed by atoms with E-state index in [1.165, 1.54) is 0 Å². The number of nitrogens with one attached hydrogen (secondary N) is 1. The molecule has 2 amide bonds. The molecule has 0 aromatic heterocycles. The Morgan fingerprint density at radius 1 is 1.39 bits per heavy atom. The minimum absolute atomic E-state index is 0.0713. The van der Waals surface area contributed by atoms with Crippen LogP contribution in [0.25, 0.3) is 0 Å². The summed E-state index contributed by atoms with van der Waals surface area (Å²) in [5, 5.41) is 2.67. The number of nitrogens with two attached hydrogens (primary N) is 1. The maximum absolute atomic E-state index is 11.9. The molecular formula is C13H25N3O2. The third kappa shape index (κ3) is 4.29. The topological polar surface area (TPSA) is 75.4 Å². The molecule has 1 heterocycles. The van der Waals surface area contributed by atoms with Crippen molar-refractivity contribution >= 4 is 11.8 Å². The molecule has 1 rings (SSSR count). The molecule has 0 aromatic carbocycles. The molecule has 1 aliphatic rings. The Hall–Kier alpha value is -1.10. The Morgan fingerprint density at radius 2 is 2.00 bits per heavy atom. The fourth-order valence-electron chi connectivity index (χ4n) is 2.24. The third-order valence-corrected chi connectivity index (χ3v) is 3.72. The lowest BCUT2D eigenvalue weighted by Crippen LogP contribution is -2.42. The van der Waals surface area contributed by atoms with Crippen LogP contribution in [0.15, 0.2) is 0 Å². The van der Waals surface area contributed by atoms with Gasteiger partial charge in [-0.05, 0) is 31.7 Å². The summed E-state index contributed by atoms with van der Waals surface area (Å²) < 4.78 is 0. The number of carbonyl (C=O) groups excluding carboxylic acids is 2. The Labute approximate surface area is 109 Å². The zero-order chi connectivity index (χ0) is 13.5. The van der Waals surface area contributed by atoms with E-state index in [-0.39, 0.29) is 17.7 Å². The van der Waals surface area contributed by atoms with Crippen molar-refractivity contribution in [1.82, 2.24) is 10.2 Å². The van der Waals surface area contributed by atoms with E-state index in [2.05, 4.69) is 12.2 Å². The van der Waals surface area contributed by atoms with E-state index < -0.39 is 0 Å². The van der Waals surface area contributed by atoms with E-state index in [9.17, 15) is 9.59 Å². The largest absolute Gasteiger partial charge is 0.359 e. The highest BCUT2D eigenvalue weighted by molar-refractivity contribution is 5.79. The highest BCUT2D eigenvalue weighted by atomic mass is 16.2. The second-order valence-electron chi connectivity index (χ2n) is 5.15. The molecular weight excluding hydrogens is 230 g/mol. The van der Waals surface area contributed by atoms with Crippen LogP contribution in [0.2, 0.25) is 0 Å². The highest BCUT2D eigenvalue weighted by Gasteiger charge is 2.26. The van der Waals surface area contributed by atoms with Crippen LogP contribution < -0.4 is 11.1 Å². The van der Waals surface area contributed by atoms with Gasteiger partial charge in [0.05, 0.1) is 0 Å². The highest BCUT2D eigenvalue weighted by Crippen LogP contribution is 2.18. The third-order valence-electron chi connectivity index (χ3n) is 3.72. The van der Waals surface area contributed by atoms with Crippen LogP contribution in [0, 0.1) is 11.8 Å². The van der Waals surface area contributed by atoms with Crippen molar-refractivity contribution in [1.29, 1.82) is 0 Å². The summed E-state index contributed by atoms with van der Waals surface area (Å²) in [7, 11) is 1.66. The zero-order valence-electron chi connectivity index (χ0n) is 11.4. The van der Waals surface area contributed by atoms with Crippen LogP contribution in [0.3, 0.4) is 0 Å². The second kappa shape index (κ2) is 7.36. The van der Waals surface area contributed by atoms with E-state index in [1.807, 2.05) is 4.90 Å². The van der Waals surface area contributed by atoms with Gasteiger partial charge in [0, 0.05) is 32.5 Å². The van der Waals surface area contributed by atoms with Gasteiger partial charge in [-0.15, -0.1) is 0 Å². The molecule has 18 heavy (non-hydrogen) atoms. The molecule has 1 saturated heterocycles. The summed E-state index contributed by atoms with van der Waals surface area (Å²) in [5.41, 5.74) is 5.53. The normalized spacial score (nSPS) is 18.5. The molecule has 3 N–H and O–H groups in total. The minimum Gasteiger partial charge on any atom is -0.359 e. The van der Waals surface area contributed by atoms with Gasteiger partial charge in [-0.2, -0.15) is 0 Å². The molecule has 5 nitrogen and oxygen atoms in total. The fraction of sp³-hybridized carbons (Fsp3) is 0.846. The van der Waals surface area contributed by atoms with Crippen LogP contribution in [0.5, 0.6) is 0 Å². The maximum Gasteiger partial charge on any atom is 0.222 e. The van der Waals surface area contributed by atoms with Crippen molar-refractivity contribution < 1.29 is 9.59 Å². The van der Waals surface area contributed by atoms with E-state index in [0.717, 1.165) is 19.3 Å². The second-order valence-corrected chi connectivity index (χ2v) is 5.15. The standard InChI is InChI=1S/C13H25N3O2/c1-10(9-14)3-4-12(17)16-7-5-11(6-8-16)13(18)15-2/h10-11H,3-9,14H2,1-2H3,(H,15,18). The van der Waals surface area contributed by atoms with Gasteiger partial charge in [0.2, 0.25) is 11.8 Å². The SMILES string of the molecule is CNC(=O)C1CCN(C(=O)CCC(C)CN)CC1. The molecule has 0 saturated carbocycles. The first kappa shape index (κ1) is 15.0. The molecule has 1 fully saturated rings. The molecule has 104 valence electrons. The molecule has 0 radical (unpaired) electrons. The first-order chi connectivity index (χ1) is 8.58. The summed E-state index contributed by atoms with van der Waals surface area (Å²) in [6.07, 6.45) is 2.98. The fourth-order valence-corrected chi connectivity index (χ4v) is 2.24. The summed E-state index contributed by atoms with van der Waals surface area (Å²) in [4.78, 5) is 25.3. The van der Waals surface area contributed by atoms with Crippen molar-refractivity contribution in [2.75, 3.05) is 26.7 Å². The van der Waals surface area contributed by atoms with Crippen molar-refractivity contribution in [3.8, 4) is 0 Å². The van der Waals surface area contributed by atoms with Gasteiger partial charge < -0.3 is 16.0 Å². The van der Waals surface area contributed by atoms with Crippen molar-refractivity contribution in [2.45, 2.75) is 32.6 Å². The number of rotatable bonds is 5. The van der Waals surface area contributed by atoms with Gasteiger partial charge in [-0.25, -0.2) is 0 Å². The minimum atomic E-state index is 0.0713. The Balaban J connectivity index is 2.29. The molecule has 0 aliphatic carbocycles.